The van der Waals surface area contributed by atoms with Crippen LogP contribution in [0.2, 0.25) is 0 Å². The Bertz CT molecular complexity index is 461. The number of rotatable bonds is 0. The smallest absolute Gasteiger partial charge is 0.169 e. The fourth-order valence-electron chi connectivity index (χ4n) is 3.12. The molecule has 3 rings (SSSR count). The van der Waals surface area contributed by atoms with Gasteiger partial charge in [-0.2, -0.15) is 0 Å². The van der Waals surface area contributed by atoms with Crippen LogP contribution in [0.4, 0.5) is 5.69 Å². The van der Waals surface area contributed by atoms with Crippen molar-refractivity contribution in [3.63, 3.8) is 0 Å². The fraction of sp³-hybridized carbons (Fsp3) is 0.500. The van der Waals surface area contributed by atoms with Crippen molar-refractivity contribution in [3.05, 3.63) is 23.8 Å². The van der Waals surface area contributed by atoms with Crippen LogP contribution in [0.15, 0.2) is 18.2 Å². The molecule has 3 nitrogen and oxygen atoms in total. The Labute approximate surface area is 101 Å². The normalized spacial score (nSPS) is 22.0. The van der Waals surface area contributed by atoms with Crippen molar-refractivity contribution in [1.29, 1.82) is 0 Å². The van der Waals surface area contributed by atoms with Crippen molar-refractivity contribution in [1.82, 2.24) is 0 Å². The zero-order chi connectivity index (χ0) is 11.9. The number of ketones is 1. The zero-order valence-corrected chi connectivity index (χ0v) is 9.87. The summed E-state index contributed by atoms with van der Waals surface area (Å²) in [6.07, 6.45) is 5.22. The van der Waals surface area contributed by atoms with Crippen molar-refractivity contribution in [3.8, 4) is 5.75 Å². The molecule has 1 aliphatic heterocycles. The number of fused-ring (bicyclic) bond motifs is 1. The molecule has 1 fully saturated rings. The Morgan fingerprint density at radius 2 is 2.00 bits per heavy atom. The minimum Gasteiger partial charge on any atom is -0.492 e. The second kappa shape index (κ2) is 3.76. The van der Waals surface area contributed by atoms with Crippen LogP contribution < -0.4 is 10.5 Å². The molecule has 1 aromatic rings. The molecule has 0 amide bonds. The number of benzene rings is 1. The first-order valence-corrected chi connectivity index (χ1v) is 6.25. The largest absolute Gasteiger partial charge is 0.492 e. The molecule has 17 heavy (non-hydrogen) atoms. The molecule has 1 spiro atoms. The van der Waals surface area contributed by atoms with E-state index in [1.165, 1.54) is 12.8 Å². The molecule has 1 heterocycles. The maximum Gasteiger partial charge on any atom is 0.169 e. The number of carbonyl (C=O) groups excluding carboxylic acids is 1. The van der Waals surface area contributed by atoms with E-state index >= 15 is 0 Å². The predicted octanol–water partition coefficient (Wildman–Crippen LogP) is 2.79. The molecule has 0 aromatic heterocycles. The van der Waals surface area contributed by atoms with Gasteiger partial charge in [-0.05, 0) is 25.0 Å². The molecule has 0 saturated heterocycles. The lowest BCUT2D eigenvalue weighted by molar-refractivity contribution is 0.0880. The highest BCUT2D eigenvalue weighted by atomic mass is 16.5. The van der Waals surface area contributed by atoms with Crippen molar-refractivity contribution < 1.29 is 9.53 Å². The van der Waals surface area contributed by atoms with Gasteiger partial charge < -0.3 is 10.5 Å². The molecule has 3 heteroatoms. The summed E-state index contributed by atoms with van der Waals surface area (Å²) in [7, 11) is 0. The molecule has 0 unspecified atom stereocenters. The Morgan fingerprint density at radius 1 is 1.24 bits per heavy atom. The van der Waals surface area contributed by atoms with E-state index in [9.17, 15) is 4.79 Å². The van der Waals surface area contributed by atoms with Crippen molar-refractivity contribution in [2.45, 2.75) is 32.1 Å². The first-order valence-electron chi connectivity index (χ1n) is 6.25. The van der Waals surface area contributed by atoms with Gasteiger partial charge in [0.15, 0.2) is 5.78 Å². The average molecular weight is 231 g/mol. The Balaban J connectivity index is 2.00. The van der Waals surface area contributed by atoms with E-state index < -0.39 is 0 Å². The van der Waals surface area contributed by atoms with Crippen LogP contribution in [-0.2, 0) is 0 Å². The van der Waals surface area contributed by atoms with Crippen LogP contribution in [0.3, 0.4) is 0 Å². The molecule has 1 aromatic carbocycles. The van der Waals surface area contributed by atoms with E-state index in [0.717, 1.165) is 12.8 Å². The van der Waals surface area contributed by atoms with E-state index in [0.29, 0.717) is 30.0 Å². The molecule has 0 bridgehead atoms. The predicted molar refractivity (Wildman–Crippen MR) is 66.2 cm³/mol. The molecule has 0 radical (unpaired) electrons. The molecule has 0 atom stereocenters. The highest BCUT2D eigenvalue weighted by Crippen LogP contribution is 2.45. The van der Waals surface area contributed by atoms with E-state index in [4.69, 9.17) is 10.5 Å². The van der Waals surface area contributed by atoms with E-state index in [-0.39, 0.29) is 11.2 Å². The van der Waals surface area contributed by atoms with Gasteiger partial charge in [-0.1, -0.05) is 18.9 Å². The van der Waals surface area contributed by atoms with Gasteiger partial charge in [-0.15, -0.1) is 0 Å². The number of anilines is 1. The number of nitrogens with two attached hydrogens (primary N) is 1. The SMILES string of the molecule is Nc1cccc2c1C(=O)CC1(CCCC1)CO2. The summed E-state index contributed by atoms with van der Waals surface area (Å²) in [5.41, 5.74) is 7.10. The van der Waals surface area contributed by atoms with Crippen molar-refractivity contribution >= 4 is 11.5 Å². The van der Waals surface area contributed by atoms with E-state index in [2.05, 4.69) is 0 Å². The molecular weight excluding hydrogens is 214 g/mol. The summed E-state index contributed by atoms with van der Waals surface area (Å²) in [6, 6.07) is 5.46. The lowest BCUT2D eigenvalue weighted by Crippen LogP contribution is -2.25. The van der Waals surface area contributed by atoms with Crippen LogP contribution in [0.5, 0.6) is 5.75 Å². The van der Waals surface area contributed by atoms with E-state index in [1.54, 1.807) is 6.07 Å². The third-order valence-corrected chi connectivity index (χ3v) is 4.07. The number of hydrogen-bond acceptors (Lipinski definition) is 3. The van der Waals surface area contributed by atoms with Gasteiger partial charge >= 0.3 is 0 Å². The third kappa shape index (κ3) is 1.70. The lowest BCUT2D eigenvalue weighted by atomic mass is 9.81. The molecular formula is C14H17NO2. The van der Waals surface area contributed by atoms with Crippen LogP contribution >= 0.6 is 0 Å². The number of ether oxygens (including phenoxy) is 1. The summed E-state index contributed by atoms with van der Waals surface area (Å²) in [5.74, 6) is 0.816. The number of Topliss-reactive ketones (excluding diaryl/α,β-unsaturated/α-hetero) is 1. The molecule has 1 aliphatic carbocycles. The molecule has 1 saturated carbocycles. The maximum absolute atomic E-state index is 12.3. The first kappa shape index (κ1) is 10.6. The van der Waals surface area contributed by atoms with Crippen LogP contribution in [-0.4, -0.2) is 12.4 Å². The lowest BCUT2D eigenvalue weighted by Gasteiger charge is -2.25. The van der Waals surface area contributed by atoms with Gasteiger partial charge in [0.1, 0.15) is 5.75 Å². The van der Waals surface area contributed by atoms with Crippen molar-refractivity contribution in [2.24, 2.45) is 5.41 Å². The monoisotopic (exact) mass is 231 g/mol. The Hall–Kier alpha value is -1.51. The number of nitrogen functional groups attached to an aromatic ring is 1. The highest BCUT2D eigenvalue weighted by Gasteiger charge is 2.40. The summed E-state index contributed by atoms with van der Waals surface area (Å²) >= 11 is 0. The minimum absolute atomic E-state index is 0.0720. The highest BCUT2D eigenvalue weighted by molar-refractivity contribution is 6.04. The average Bonchev–Trinajstić information content (AvgIpc) is 2.69. The molecule has 2 N–H and O–H groups in total. The van der Waals surface area contributed by atoms with Gasteiger partial charge in [0.2, 0.25) is 0 Å². The van der Waals surface area contributed by atoms with Crippen LogP contribution in [0.25, 0.3) is 0 Å². The second-order valence-electron chi connectivity index (χ2n) is 5.32. The summed E-state index contributed by atoms with van der Waals surface area (Å²) < 4.78 is 5.84. The van der Waals surface area contributed by atoms with Gasteiger partial charge in [0, 0.05) is 17.5 Å². The molecule has 90 valence electrons. The summed E-state index contributed by atoms with van der Waals surface area (Å²) in [5, 5.41) is 0. The van der Waals surface area contributed by atoms with Crippen molar-refractivity contribution in [2.75, 3.05) is 12.3 Å². The number of carbonyl (C=O) groups is 1. The standard InChI is InChI=1S/C14H17NO2/c15-10-4-3-5-12-13(10)11(16)8-14(9-17-12)6-1-2-7-14/h3-5H,1-2,6-9,15H2. The summed E-state index contributed by atoms with van der Waals surface area (Å²) in [6.45, 7) is 0.662. The first-order chi connectivity index (χ1) is 8.20. The Kier molecular flexibility index (Phi) is 2.35. The summed E-state index contributed by atoms with van der Waals surface area (Å²) in [4.78, 5) is 12.3. The Morgan fingerprint density at radius 3 is 2.76 bits per heavy atom. The number of hydrogen-bond donors (Lipinski definition) is 1. The molecule has 2 aliphatic rings. The van der Waals surface area contributed by atoms with E-state index in [1.807, 2.05) is 12.1 Å². The van der Waals surface area contributed by atoms with Crippen LogP contribution in [0.1, 0.15) is 42.5 Å². The van der Waals surface area contributed by atoms with Gasteiger partial charge in [-0.3, -0.25) is 4.79 Å². The van der Waals surface area contributed by atoms with Crippen LogP contribution in [0, 0.1) is 5.41 Å². The van der Waals surface area contributed by atoms with Gasteiger partial charge in [-0.25, -0.2) is 0 Å². The minimum atomic E-state index is 0.0720. The topological polar surface area (TPSA) is 52.3 Å². The second-order valence-corrected chi connectivity index (χ2v) is 5.32. The maximum atomic E-state index is 12.3. The zero-order valence-electron chi connectivity index (χ0n) is 9.87. The fourth-order valence-corrected chi connectivity index (χ4v) is 3.12. The van der Waals surface area contributed by atoms with Gasteiger partial charge in [0.25, 0.3) is 0 Å². The third-order valence-electron chi connectivity index (χ3n) is 4.07. The quantitative estimate of drug-likeness (QED) is 0.698. The van der Waals surface area contributed by atoms with Gasteiger partial charge in [0.05, 0.1) is 12.2 Å².